The van der Waals surface area contributed by atoms with Gasteiger partial charge in [0.2, 0.25) is 0 Å². The van der Waals surface area contributed by atoms with Crippen molar-refractivity contribution in [2.45, 2.75) is 19.8 Å². The molecule has 0 bridgehead atoms. The van der Waals surface area contributed by atoms with Crippen molar-refractivity contribution >= 4 is 0 Å². The Bertz CT molecular complexity index is 344. The number of hydrogen-bond acceptors (Lipinski definition) is 3. The van der Waals surface area contributed by atoms with Gasteiger partial charge in [-0.15, -0.1) is 0 Å². The first-order valence-electron chi connectivity index (χ1n) is 4.16. The number of ether oxygens (including phenoxy) is 2. The molecule has 7 heteroatoms. The molecule has 0 fully saturated rings. The molecule has 1 aromatic carbocycles. The maximum Gasteiger partial charge on any atom is 0.387 e. The SMILES string of the molecule is OCc1ccc(OC(F)F)c(OC(F)F)c1. The summed E-state index contributed by atoms with van der Waals surface area (Å²) in [5.74, 6) is -1.05. The molecule has 0 aliphatic heterocycles. The fourth-order valence-electron chi connectivity index (χ4n) is 1.03. The Morgan fingerprint density at radius 3 is 2.06 bits per heavy atom. The Kier molecular flexibility index (Phi) is 4.36. The molecule has 1 aromatic rings. The van der Waals surface area contributed by atoms with Crippen molar-refractivity contribution in [2.75, 3.05) is 0 Å². The zero-order valence-corrected chi connectivity index (χ0v) is 7.87. The van der Waals surface area contributed by atoms with E-state index in [0.717, 1.165) is 12.1 Å². The van der Waals surface area contributed by atoms with Crippen LogP contribution < -0.4 is 9.47 Å². The van der Waals surface area contributed by atoms with Gasteiger partial charge in [-0.25, -0.2) is 0 Å². The minimum atomic E-state index is -3.16. The molecule has 3 nitrogen and oxygen atoms in total. The van der Waals surface area contributed by atoms with Gasteiger partial charge >= 0.3 is 13.2 Å². The first kappa shape index (κ1) is 12.6. The number of rotatable bonds is 5. The van der Waals surface area contributed by atoms with E-state index in [-0.39, 0.29) is 5.56 Å². The molecule has 90 valence electrons. The lowest BCUT2D eigenvalue weighted by Gasteiger charge is -2.12. The third-order valence-electron chi connectivity index (χ3n) is 1.62. The molecule has 0 saturated heterocycles. The second kappa shape index (κ2) is 5.55. The maximum atomic E-state index is 11.9. The fourth-order valence-corrected chi connectivity index (χ4v) is 1.03. The van der Waals surface area contributed by atoms with E-state index in [1.54, 1.807) is 0 Å². The summed E-state index contributed by atoms with van der Waals surface area (Å²) in [6.07, 6.45) is 0. The van der Waals surface area contributed by atoms with E-state index in [2.05, 4.69) is 9.47 Å². The van der Waals surface area contributed by atoms with E-state index in [0.29, 0.717) is 0 Å². The normalized spacial score (nSPS) is 10.9. The highest BCUT2D eigenvalue weighted by Crippen LogP contribution is 2.31. The van der Waals surface area contributed by atoms with Crippen molar-refractivity contribution in [1.29, 1.82) is 0 Å². The number of hydrogen-bond donors (Lipinski definition) is 1. The summed E-state index contributed by atoms with van der Waals surface area (Å²) in [7, 11) is 0. The van der Waals surface area contributed by atoms with Gasteiger partial charge in [0.1, 0.15) is 0 Å². The van der Waals surface area contributed by atoms with E-state index in [4.69, 9.17) is 5.11 Å². The van der Waals surface area contributed by atoms with Gasteiger partial charge in [-0.05, 0) is 17.7 Å². The first-order chi connectivity index (χ1) is 7.52. The number of aliphatic hydroxyl groups is 1. The second-order valence-corrected chi connectivity index (χ2v) is 2.70. The molecule has 0 unspecified atom stereocenters. The molecular formula is C9H8F4O3. The lowest BCUT2D eigenvalue weighted by molar-refractivity contribution is -0.0693. The summed E-state index contributed by atoms with van der Waals surface area (Å²) >= 11 is 0. The van der Waals surface area contributed by atoms with Crippen molar-refractivity contribution in [3.8, 4) is 11.5 Å². The van der Waals surface area contributed by atoms with Crippen LogP contribution in [0.15, 0.2) is 18.2 Å². The minimum Gasteiger partial charge on any atom is -0.431 e. The monoisotopic (exact) mass is 240 g/mol. The van der Waals surface area contributed by atoms with Crippen LogP contribution in [0.2, 0.25) is 0 Å². The first-order valence-corrected chi connectivity index (χ1v) is 4.16. The zero-order chi connectivity index (χ0) is 12.1. The molecule has 0 amide bonds. The molecule has 0 aliphatic carbocycles. The van der Waals surface area contributed by atoms with Gasteiger partial charge in [0.05, 0.1) is 6.61 Å². The van der Waals surface area contributed by atoms with Gasteiger partial charge in [-0.2, -0.15) is 17.6 Å². The minimum absolute atomic E-state index is 0.247. The zero-order valence-electron chi connectivity index (χ0n) is 7.87. The van der Waals surface area contributed by atoms with E-state index < -0.39 is 31.3 Å². The molecule has 0 aliphatic rings. The molecule has 1 rings (SSSR count). The number of benzene rings is 1. The Labute approximate surface area is 88.2 Å². The predicted octanol–water partition coefficient (Wildman–Crippen LogP) is 2.38. The summed E-state index contributed by atoms with van der Waals surface area (Å²) in [6, 6.07) is 3.29. The van der Waals surface area contributed by atoms with Crippen LogP contribution in [-0.4, -0.2) is 18.3 Å². The van der Waals surface area contributed by atoms with Gasteiger partial charge in [0.15, 0.2) is 11.5 Å². The molecule has 0 atom stereocenters. The van der Waals surface area contributed by atoms with Crippen molar-refractivity contribution in [2.24, 2.45) is 0 Å². The summed E-state index contributed by atoms with van der Waals surface area (Å²) in [5.41, 5.74) is 0.247. The molecule has 0 spiro atoms. The number of alkyl halides is 4. The molecule has 16 heavy (non-hydrogen) atoms. The predicted molar refractivity (Wildman–Crippen MR) is 45.6 cm³/mol. The molecule has 0 aromatic heterocycles. The average Bonchev–Trinajstić information content (AvgIpc) is 2.19. The van der Waals surface area contributed by atoms with Gasteiger partial charge < -0.3 is 14.6 Å². The smallest absolute Gasteiger partial charge is 0.387 e. The Morgan fingerprint density at radius 1 is 1.00 bits per heavy atom. The summed E-state index contributed by atoms with van der Waals surface area (Å²) in [5, 5.41) is 8.74. The van der Waals surface area contributed by atoms with Crippen LogP contribution in [0.3, 0.4) is 0 Å². The van der Waals surface area contributed by atoms with Crippen LogP contribution in [-0.2, 0) is 6.61 Å². The van der Waals surface area contributed by atoms with E-state index in [1.165, 1.54) is 6.07 Å². The lowest BCUT2D eigenvalue weighted by Crippen LogP contribution is -2.08. The van der Waals surface area contributed by atoms with Gasteiger partial charge in [0, 0.05) is 0 Å². The van der Waals surface area contributed by atoms with Crippen molar-refractivity contribution in [1.82, 2.24) is 0 Å². The van der Waals surface area contributed by atoms with Crippen LogP contribution in [0.4, 0.5) is 17.6 Å². The van der Waals surface area contributed by atoms with Crippen molar-refractivity contribution in [3.63, 3.8) is 0 Å². The molecule has 0 heterocycles. The standard InChI is InChI=1S/C9H8F4O3/c10-8(11)15-6-2-1-5(4-14)3-7(6)16-9(12)13/h1-3,8-9,14H,4H2. The largest absolute Gasteiger partial charge is 0.431 e. The van der Waals surface area contributed by atoms with E-state index in [9.17, 15) is 17.6 Å². The Hall–Kier alpha value is -1.50. The van der Waals surface area contributed by atoms with Gasteiger partial charge in [-0.3, -0.25) is 0 Å². The van der Waals surface area contributed by atoms with Crippen molar-refractivity contribution < 1.29 is 32.1 Å². The Balaban J connectivity index is 2.96. The topological polar surface area (TPSA) is 38.7 Å². The fraction of sp³-hybridized carbons (Fsp3) is 0.333. The summed E-state index contributed by atoms with van der Waals surface area (Å²) < 4.78 is 55.7. The van der Waals surface area contributed by atoms with Crippen LogP contribution >= 0.6 is 0 Å². The maximum absolute atomic E-state index is 11.9. The highest BCUT2D eigenvalue weighted by atomic mass is 19.3. The molecule has 1 N–H and O–H groups in total. The quantitative estimate of drug-likeness (QED) is 0.803. The van der Waals surface area contributed by atoms with Crippen LogP contribution in [0.5, 0.6) is 11.5 Å². The third-order valence-corrected chi connectivity index (χ3v) is 1.62. The van der Waals surface area contributed by atoms with Gasteiger partial charge in [0.25, 0.3) is 0 Å². The third kappa shape index (κ3) is 3.58. The van der Waals surface area contributed by atoms with Gasteiger partial charge in [-0.1, -0.05) is 6.07 Å². The molecular weight excluding hydrogens is 232 g/mol. The van der Waals surface area contributed by atoms with E-state index >= 15 is 0 Å². The lowest BCUT2D eigenvalue weighted by atomic mass is 10.2. The van der Waals surface area contributed by atoms with Crippen LogP contribution in [0.1, 0.15) is 5.56 Å². The average molecular weight is 240 g/mol. The number of aliphatic hydroxyl groups excluding tert-OH is 1. The van der Waals surface area contributed by atoms with Crippen molar-refractivity contribution in [3.05, 3.63) is 23.8 Å². The second-order valence-electron chi connectivity index (χ2n) is 2.70. The highest BCUT2D eigenvalue weighted by molar-refractivity contribution is 5.42. The molecule has 0 saturated carbocycles. The van der Waals surface area contributed by atoms with E-state index in [1.807, 2.05) is 0 Å². The summed E-state index contributed by atoms with van der Waals surface area (Å²) in [6.45, 7) is -6.72. The highest BCUT2D eigenvalue weighted by Gasteiger charge is 2.14. The van der Waals surface area contributed by atoms with Crippen LogP contribution in [0.25, 0.3) is 0 Å². The number of halogens is 4. The van der Waals surface area contributed by atoms with Crippen LogP contribution in [0, 0.1) is 0 Å². The summed E-state index contributed by atoms with van der Waals surface area (Å²) in [4.78, 5) is 0. The molecule has 0 radical (unpaired) electrons. The Morgan fingerprint density at radius 2 is 1.56 bits per heavy atom.